The maximum absolute atomic E-state index is 13.7. The minimum absolute atomic E-state index is 0.221. The van der Waals surface area contributed by atoms with E-state index < -0.39 is 6.09 Å². The standard InChI is InChI=1S/C28H29N5O4/c1-18-7-5-8-19(2)25(18)33(28(34)37-23-10-6-9-22(35-3)26(23)36-4)24-15-16-30-27(32-24)31-17-20-11-13-21(29)14-12-20/h5-16H,17,29H2,1-4H3,(H,30,31,32). The van der Waals surface area contributed by atoms with Crippen molar-refractivity contribution in [2.24, 2.45) is 0 Å². The molecule has 0 bridgehead atoms. The Kier molecular flexibility index (Phi) is 7.73. The molecule has 0 radical (unpaired) electrons. The number of hydrogen-bond acceptors (Lipinski definition) is 8. The molecule has 1 amide bonds. The molecule has 190 valence electrons. The molecule has 9 heteroatoms. The smallest absolute Gasteiger partial charge is 0.425 e. The van der Waals surface area contributed by atoms with Gasteiger partial charge in [0, 0.05) is 24.5 Å². The van der Waals surface area contributed by atoms with Gasteiger partial charge in [-0.3, -0.25) is 0 Å². The van der Waals surface area contributed by atoms with Crippen LogP contribution in [-0.2, 0) is 6.54 Å². The Balaban J connectivity index is 1.70. The summed E-state index contributed by atoms with van der Waals surface area (Å²) in [7, 11) is 3.01. The molecule has 0 fully saturated rings. The molecule has 4 aromatic rings. The lowest BCUT2D eigenvalue weighted by atomic mass is 10.1. The first-order chi connectivity index (χ1) is 17.9. The van der Waals surface area contributed by atoms with E-state index in [-0.39, 0.29) is 5.75 Å². The predicted molar refractivity (Wildman–Crippen MR) is 144 cm³/mol. The molecule has 9 nitrogen and oxygen atoms in total. The number of para-hydroxylation sites is 2. The number of nitrogens with zero attached hydrogens (tertiary/aromatic N) is 3. The number of aromatic nitrogens is 2. The molecule has 3 N–H and O–H groups in total. The summed E-state index contributed by atoms with van der Waals surface area (Å²) in [6.07, 6.45) is 0.931. The fourth-order valence-corrected chi connectivity index (χ4v) is 3.91. The molecular formula is C28H29N5O4. The Hall–Kier alpha value is -4.79. The van der Waals surface area contributed by atoms with E-state index in [2.05, 4.69) is 15.3 Å². The van der Waals surface area contributed by atoms with E-state index in [0.717, 1.165) is 16.7 Å². The second-order valence-electron chi connectivity index (χ2n) is 8.27. The first-order valence-corrected chi connectivity index (χ1v) is 11.6. The van der Waals surface area contributed by atoms with E-state index in [1.165, 1.54) is 19.1 Å². The number of nitrogens with one attached hydrogen (secondary N) is 1. The number of nitrogen functional groups attached to an aromatic ring is 1. The quantitative estimate of drug-likeness (QED) is 0.300. The first kappa shape index (κ1) is 25.3. The first-order valence-electron chi connectivity index (χ1n) is 11.6. The van der Waals surface area contributed by atoms with Crippen molar-refractivity contribution in [3.05, 3.63) is 89.6 Å². The van der Waals surface area contributed by atoms with Gasteiger partial charge in [-0.05, 0) is 54.8 Å². The van der Waals surface area contributed by atoms with Crippen molar-refractivity contribution in [3.63, 3.8) is 0 Å². The third-order valence-electron chi connectivity index (χ3n) is 5.71. The summed E-state index contributed by atoms with van der Waals surface area (Å²) in [6.45, 7) is 4.34. The number of aryl methyl sites for hydroxylation is 2. The zero-order valence-electron chi connectivity index (χ0n) is 21.2. The topological polar surface area (TPSA) is 112 Å². The van der Waals surface area contributed by atoms with E-state index in [4.69, 9.17) is 19.9 Å². The lowest BCUT2D eigenvalue weighted by Crippen LogP contribution is -2.31. The number of anilines is 4. The number of carbonyl (C=O) groups is 1. The van der Waals surface area contributed by atoms with Crippen molar-refractivity contribution in [1.82, 2.24) is 9.97 Å². The van der Waals surface area contributed by atoms with Crippen molar-refractivity contribution < 1.29 is 19.0 Å². The molecule has 0 aliphatic heterocycles. The van der Waals surface area contributed by atoms with Crippen LogP contribution in [0.4, 0.5) is 27.9 Å². The van der Waals surface area contributed by atoms with Crippen LogP contribution in [0, 0.1) is 13.8 Å². The van der Waals surface area contributed by atoms with Gasteiger partial charge in [0.05, 0.1) is 19.9 Å². The largest absolute Gasteiger partial charge is 0.493 e. The van der Waals surface area contributed by atoms with Crippen LogP contribution < -0.4 is 30.2 Å². The maximum atomic E-state index is 13.7. The lowest BCUT2D eigenvalue weighted by Gasteiger charge is -2.25. The van der Waals surface area contributed by atoms with Gasteiger partial charge in [-0.25, -0.2) is 14.7 Å². The number of nitrogens with two attached hydrogens (primary N) is 1. The van der Waals surface area contributed by atoms with E-state index in [9.17, 15) is 4.79 Å². The number of ether oxygens (including phenoxy) is 3. The zero-order valence-corrected chi connectivity index (χ0v) is 21.2. The van der Waals surface area contributed by atoms with Gasteiger partial charge in [0.25, 0.3) is 0 Å². The molecule has 0 aliphatic rings. The van der Waals surface area contributed by atoms with Crippen LogP contribution in [0.5, 0.6) is 17.2 Å². The minimum Gasteiger partial charge on any atom is -0.493 e. The molecule has 0 spiro atoms. The molecule has 0 aliphatic carbocycles. The van der Waals surface area contributed by atoms with E-state index >= 15 is 0 Å². The fraction of sp³-hybridized carbons (Fsp3) is 0.179. The van der Waals surface area contributed by atoms with Gasteiger partial charge < -0.3 is 25.3 Å². The number of hydrogen-bond donors (Lipinski definition) is 2. The highest BCUT2D eigenvalue weighted by Gasteiger charge is 2.27. The number of carbonyl (C=O) groups excluding carboxylic acids is 1. The molecule has 0 saturated carbocycles. The molecule has 0 atom stereocenters. The second-order valence-corrected chi connectivity index (χ2v) is 8.27. The van der Waals surface area contributed by atoms with Crippen LogP contribution in [-0.4, -0.2) is 30.3 Å². The van der Waals surface area contributed by atoms with Crippen LogP contribution in [0.1, 0.15) is 16.7 Å². The predicted octanol–water partition coefficient (Wildman–Crippen LogP) is 5.64. The van der Waals surface area contributed by atoms with E-state index in [0.29, 0.717) is 41.2 Å². The average Bonchev–Trinajstić information content (AvgIpc) is 2.90. The molecule has 3 aromatic carbocycles. The summed E-state index contributed by atoms with van der Waals surface area (Å²) in [5.74, 6) is 1.69. The second kappa shape index (κ2) is 11.3. The molecule has 4 rings (SSSR count). The van der Waals surface area contributed by atoms with E-state index in [1.807, 2.05) is 56.3 Å². The van der Waals surface area contributed by atoms with Gasteiger partial charge in [-0.2, -0.15) is 4.98 Å². The summed E-state index contributed by atoms with van der Waals surface area (Å²) in [5, 5.41) is 3.20. The van der Waals surface area contributed by atoms with Gasteiger partial charge in [-0.15, -0.1) is 0 Å². The Bertz CT molecular complexity index is 1370. The van der Waals surface area contributed by atoms with Crippen LogP contribution in [0.2, 0.25) is 0 Å². The highest BCUT2D eigenvalue weighted by atomic mass is 16.6. The highest BCUT2D eigenvalue weighted by molar-refractivity contribution is 5.98. The molecule has 0 saturated heterocycles. The maximum Gasteiger partial charge on any atom is 0.425 e. The fourth-order valence-electron chi connectivity index (χ4n) is 3.91. The number of rotatable bonds is 8. The van der Waals surface area contributed by atoms with Gasteiger partial charge in [0.2, 0.25) is 11.7 Å². The van der Waals surface area contributed by atoms with Gasteiger partial charge in [-0.1, -0.05) is 36.4 Å². The molecule has 37 heavy (non-hydrogen) atoms. The monoisotopic (exact) mass is 499 g/mol. The molecule has 1 heterocycles. The average molecular weight is 500 g/mol. The summed E-state index contributed by atoms with van der Waals surface area (Å²) in [4.78, 5) is 24.1. The Morgan fingerprint density at radius 3 is 2.27 bits per heavy atom. The zero-order chi connectivity index (χ0) is 26.4. The molecular weight excluding hydrogens is 470 g/mol. The van der Waals surface area contributed by atoms with Crippen LogP contribution >= 0.6 is 0 Å². The van der Waals surface area contributed by atoms with Crippen molar-refractivity contribution >= 4 is 29.2 Å². The summed E-state index contributed by atoms with van der Waals surface area (Å²) in [6, 6.07) is 20.0. The van der Waals surface area contributed by atoms with Crippen molar-refractivity contribution in [2.45, 2.75) is 20.4 Å². The summed E-state index contributed by atoms with van der Waals surface area (Å²) in [5.41, 5.74) is 9.90. The number of benzene rings is 3. The normalized spacial score (nSPS) is 10.5. The molecule has 0 unspecified atom stereocenters. The lowest BCUT2D eigenvalue weighted by molar-refractivity contribution is 0.207. The Morgan fingerprint density at radius 2 is 1.59 bits per heavy atom. The van der Waals surface area contributed by atoms with Gasteiger partial charge >= 0.3 is 6.09 Å². The summed E-state index contributed by atoms with van der Waals surface area (Å²) < 4.78 is 16.6. The van der Waals surface area contributed by atoms with E-state index in [1.54, 1.807) is 30.5 Å². The van der Waals surface area contributed by atoms with Crippen LogP contribution in [0.25, 0.3) is 0 Å². The number of methoxy groups -OCH3 is 2. The summed E-state index contributed by atoms with van der Waals surface area (Å²) >= 11 is 0. The minimum atomic E-state index is -0.660. The third-order valence-corrected chi connectivity index (χ3v) is 5.71. The van der Waals surface area contributed by atoms with Gasteiger partial charge in [0.15, 0.2) is 11.5 Å². The third kappa shape index (κ3) is 5.72. The van der Waals surface area contributed by atoms with Gasteiger partial charge in [0.1, 0.15) is 5.82 Å². The SMILES string of the molecule is COc1cccc(OC(=O)N(c2ccnc(NCc3ccc(N)cc3)n2)c2c(C)cccc2C)c1OC. The molecule has 1 aromatic heterocycles. The van der Waals surface area contributed by atoms with Crippen molar-refractivity contribution in [2.75, 3.05) is 30.2 Å². The van der Waals surface area contributed by atoms with Crippen LogP contribution in [0.15, 0.2) is 72.9 Å². The van der Waals surface area contributed by atoms with Crippen molar-refractivity contribution in [1.29, 1.82) is 0 Å². The van der Waals surface area contributed by atoms with Crippen molar-refractivity contribution in [3.8, 4) is 17.2 Å². The highest BCUT2D eigenvalue weighted by Crippen LogP contribution is 2.38. The van der Waals surface area contributed by atoms with Crippen LogP contribution in [0.3, 0.4) is 0 Å². The Labute approximate surface area is 215 Å². The number of amides is 1. The Morgan fingerprint density at radius 1 is 0.919 bits per heavy atom.